The Bertz CT molecular complexity index is 436. The molecule has 0 spiro atoms. The lowest BCUT2D eigenvalue weighted by Gasteiger charge is -2.44. The zero-order valence-electron chi connectivity index (χ0n) is 12.2. The first-order chi connectivity index (χ1) is 9.43. The van der Waals surface area contributed by atoms with Crippen LogP contribution in [0.25, 0.3) is 0 Å². The molecule has 0 amide bonds. The molecule has 1 saturated heterocycles. The molecular weight excluding hydrogens is 260 g/mol. The number of hydrogen-bond acceptors (Lipinski definition) is 2. The van der Waals surface area contributed by atoms with Crippen LogP contribution in [0.15, 0.2) is 18.2 Å². The quantitative estimate of drug-likeness (QED) is 0.917. The molecule has 1 unspecified atom stereocenters. The number of likely N-dealkylation sites (tertiary alicyclic amines) is 1. The van der Waals surface area contributed by atoms with Crippen LogP contribution in [0, 0.1) is 11.6 Å². The van der Waals surface area contributed by atoms with Gasteiger partial charge in [0.05, 0.1) is 6.10 Å². The summed E-state index contributed by atoms with van der Waals surface area (Å²) in [6.45, 7) is 5.76. The molecule has 1 aromatic carbocycles. The third kappa shape index (κ3) is 3.18. The maximum absolute atomic E-state index is 13.7. The smallest absolute Gasteiger partial charge is 0.129 e. The lowest BCUT2D eigenvalue weighted by molar-refractivity contribution is -0.0194. The van der Waals surface area contributed by atoms with Crippen molar-refractivity contribution in [1.29, 1.82) is 0 Å². The minimum absolute atomic E-state index is 0.00199. The van der Waals surface area contributed by atoms with Gasteiger partial charge < -0.3 is 5.11 Å². The summed E-state index contributed by atoms with van der Waals surface area (Å²) >= 11 is 0. The third-order valence-electron chi connectivity index (χ3n) is 4.45. The Morgan fingerprint density at radius 3 is 2.25 bits per heavy atom. The third-order valence-corrected chi connectivity index (χ3v) is 4.45. The molecule has 1 N–H and O–H groups in total. The van der Waals surface area contributed by atoms with Crippen molar-refractivity contribution in [3.63, 3.8) is 0 Å². The molecule has 1 aliphatic rings. The highest BCUT2D eigenvalue weighted by Crippen LogP contribution is 2.27. The minimum atomic E-state index is -0.799. The highest BCUT2D eigenvalue weighted by atomic mass is 19.1. The molecule has 2 rings (SSSR count). The minimum Gasteiger partial charge on any atom is -0.391 e. The van der Waals surface area contributed by atoms with Crippen LogP contribution in [0.3, 0.4) is 0 Å². The van der Waals surface area contributed by atoms with Gasteiger partial charge in [-0.3, -0.25) is 4.90 Å². The molecule has 112 valence electrons. The highest BCUT2D eigenvalue weighted by Gasteiger charge is 2.35. The van der Waals surface area contributed by atoms with Crippen molar-refractivity contribution >= 4 is 0 Å². The molecule has 1 atom stereocenters. The summed E-state index contributed by atoms with van der Waals surface area (Å²) in [4.78, 5) is 2.22. The van der Waals surface area contributed by atoms with E-state index in [1.54, 1.807) is 0 Å². The van der Waals surface area contributed by atoms with E-state index in [2.05, 4.69) is 4.90 Å². The maximum Gasteiger partial charge on any atom is 0.129 e. The van der Waals surface area contributed by atoms with E-state index in [-0.39, 0.29) is 12.0 Å². The van der Waals surface area contributed by atoms with Crippen LogP contribution in [0.5, 0.6) is 0 Å². The van der Waals surface area contributed by atoms with Crippen LogP contribution in [0.2, 0.25) is 0 Å². The summed E-state index contributed by atoms with van der Waals surface area (Å²) in [6.07, 6.45) is 2.65. The van der Waals surface area contributed by atoms with Gasteiger partial charge in [0.2, 0.25) is 0 Å². The second-order valence-electron chi connectivity index (χ2n) is 6.12. The molecule has 0 radical (unpaired) electrons. The lowest BCUT2D eigenvalue weighted by Crippen LogP contribution is -2.55. The fourth-order valence-electron chi connectivity index (χ4n) is 2.85. The van der Waals surface area contributed by atoms with E-state index in [1.165, 1.54) is 24.6 Å². The van der Waals surface area contributed by atoms with Gasteiger partial charge in [-0.2, -0.15) is 0 Å². The van der Waals surface area contributed by atoms with Crippen LogP contribution in [0.4, 0.5) is 8.78 Å². The van der Waals surface area contributed by atoms with Crippen molar-refractivity contribution in [2.75, 3.05) is 13.1 Å². The molecule has 0 aliphatic carbocycles. The predicted molar refractivity (Wildman–Crippen MR) is 75.6 cm³/mol. The number of aliphatic hydroxyl groups excluding tert-OH is 1. The average Bonchev–Trinajstić information content (AvgIpc) is 2.43. The molecule has 20 heavy (non-hydrogen) atoms. The second-order valence-corrected chi connectivity index (χ2v) is 6.12. The number of hydrogen-bond donors (Lipinski definition) is 1. The number of benzene rings is 1. The van der Waals surface area contributed by atoms with Gasteiger partial charge in [0.25, 0.3) is 0 Å². The van der Waals surface area contributed by atoms with Gasteiger partial charge in [0, 0.05) is 17.5 Å². The first-order valence-electron chi connectivity index (χ1n) is 7.29. The standard InChI is InChI=1S/C16H23F2NO/c1-16(2,19-9-4-3-5-10-19)15(20)11-12-13(17)7-6-8-14(12)18/h6-8,15,20H,3-5,9-11H2,1-2H3. The fourth-order valence-corrected chi connectivity index (χ4v) is 2.85. The Balaban J connectivity index is 2.12. The maximum atomic E-state index is 13.7. The molecule has 0 saturated carbocycles. The zero-order chi connectivity index (χ0) is 14.8. The van der Waals surface area contributed by atoms with Gasteiger partial charge >= 0.3 is 0 Å². The summed E-state index contributed by atoms with van der Waals surface area (Å²) in [5.74, 6) is -1.17. The van der Waals surface area contributed by atoms with Crippen LogP contribution < -0.4 is 0 Å². The predicted octanol–water partition coefficient (Wildman–Crippen LogP) is 3.13. The van der Waals surface area contributed by atoms with Crippen molar-refractivity contribution in [3.8, 4) is 0 Å². The van der Waals surface area contributed by atoms with E-state index in [0.29, 0.717) is 0 Å². The van der Waals surface area contributed by atoms with Gasteiger partial charge in [-0.15, -0.1) is 0 Å². The monoisotopic (exact) mass is 283 g/mol. The number of aliphatic hydroxyl groups is 1. The number of halogens is 2. The molecule has 1 heterocycles. The second kappa shape index (κ2) is 6.19. The molecule has 0 bridgehead atoms. The van der Waals surface area contributed by atoms with Gasteiger partial charge in [0.15, 0.2) is 0 Å². The fraction of sp³-hybridized carbons (Fsp3) is 0.625. The van der Waals surface area contributed by atoms with Crippen LogP contribution in [-0.4, -0.2) is 34.7 Å². The number of piperidine rings is 1. The number of rotatable bonds is 4. The topological polar surface area (TPSA) is 23.5 Å². The van der Waals surface area contributed by atoms with Crippen molar-refractivity contribution in [1.82, 2.24) is 4.90 Å². The van der Waals surface area contributed by atoms with E-state index in [0.717, 1.165) is 25.9 Å². The molecule has 1 aliphatic heterocycles. The summed E-state index contributed by atoms with van der Waals surface area (Å²) in [5, 5.41) is 10.5. The Hall–Kier alpha value is -1.00. The Kier molecular flexibility index (Phi) is 4.76. The summed E-state index contributed by atoms with van der Waals surface area (Å²) in [7, 11) is 0. The van der Waals surface area contributed by atoms with E-state index in [1.807, 2.05) is 13.8 Å². The van der Waals surface area contributed by atoms with Crippen LogP contribution in [-0.2, 0) is 6.42 Å². The molecule has 1 aromatic rings. The lowest BCUT2D eigenvalue weighted by atomic mass is 9.88. The largest absolute Gasteiger partial charge is 0.391 e. The van der Waals surface area contributed by atoms with Crippen LogP contribution in [0.1, 0.15) is 38.7 Å². The van der Waals surface area contributed by atoms with Crippen LogP contribution >= 0.6 is 0 Å². The Labute approximate surface area is 119 Å². The number of nitrogens with zero attached hydrogens (tertiary/aromatic N) is 1. The molecule has 4 heteroatoms. The summed E-state index contributed by atoms with van der Waals surface area (Å²) in [6, 6.07) is 3.81. The van der Waals surface area contributed by atoms with Crippen molar-refractivity contribution in [3.05, 3.63) is 35.4 Å². The summed E-state index contributed by atoms with van der Waals surface area (Å²) < 4.78 is 27.4. The average molecular weight is 283 g/mol. The van der Waals surface area contributed by atoms with Gasteiger partial charge in [-0.25, -0.2) is 8.78 Å². The van der Waals surface area contributed by atoms with Gasteiger partial charge in [0.1, 0.15) is 11.6 Å². The summed E-state index contributed by atoms with van der Waals surface area (Å²) in [5.41, 5.74) is -0.500. The highest BCUT2D eigenvalue weighted by molar-refractivity contribution is 5.21. The molecule has 0 aromatic heterocycles. The Morgan fingerprint density at radius 2 is 1.70 bits per heavy atom. The van der Waals surface area contributed by atoms with Crippen molar-refractivity contribution < 1.29 is 13.9 Å². The SMILES string of the molecule is CC(C)(C(O)Cc1c(F)cccc1F)N1CCCCC1. The first kappa shape index (κ1) is 15.4. The van der Waals surface area contributed by atoms with Gasteiger partial charge in [-0.05, 0) is 51.9 Å². The van der Waals surface area contributed by atoms with Crippen molar-refractivity contribution in [2.45, 2.75) is 51.2 Å². The van der Waals surface area contributed by atoms with E-state index in [9.17, 15) is 13.9 Å². The molecule has 1 fully saturated rings. The molecule has 2 nitrogen and oxygen atoms in total. The molecular formula is C16H23F2NO. The first-order valence-corrected chi connectivity index (χ1v) is 7.29. The van der Waals surface area contributed by atoms with Crippen molar-refractivity contribution in [2.24, 2.45) is 0 Å². The van der Waals surface area contributed by atoms with E-state index >= 15 is 0 Å². The van der Waals surface area contributed by atoms with Gasteiger partial charge in [-0.1, -0.05) is 12.5 Å². The Morgan fingerprint density at radius 1 is 1.15 bits per heavy atom. The van der Waals surface area contributed by atoms with E-state index < -0.39 is 23.3 Å². The normalized spacial score (nSPS) is 19.1. The zero-order valence-corrected chi connectivity index (χ0v) is 12.2. The van der Waals surface area contributed by atoms with E-state index in [4.69, 9.17) is 0 Å².